The van der Waals surface area contributed by atoms with Gasteiger partial charge in [-0.05, 0) is 30.7 Å². The Morgan fingerprint density at radius 1 is 1.43 bits per heavy atom. The van der Waals surface area contributed by atoms with Gasteiger partial charge in [0.1, 0.15) is 0 Å². The number of methoxy groups -OCH3 is 1. The molecule has 0 bridgehead atoms. The number of rotatable bonds is 2. The van der Waals surface area contributed by atoms with Gasteiger partial charge < -0.3 is 20.3 Å². The maximum absolute atomic E-state index is 9.42. The molecule has 4 heteroatoms. The van der Waals surface area contributed by atoms with Crippen LogP contribution in [0.2, 0.25) is 0 Å². The van der Waals surface area contributed by atoms with Crippen LogP contribution in [0.15, 0.2) is 12.1 Å². The van der Waals surface area contributed by atoms with E-state index in [9.17, 15) is 10.2 Å². The predicted molar refractivity (Wildman–Crippen MR) is 51.7 cm³/mol. The molecule has 1 aliphatic heterocycles. The lowest BCUT2D eigenvalue weighted by atomic mass is 9.97. The number of phenols is 2. The molecule has 1 aromatic rings. The molecule has 0 aromatic heterocycles. The van der Waals surface area contributed by atoms with Gasteiger partial charge in [-0.2, -0.15) is 0 Å². The number of benzene rings is 1. The Balaban J connectivity index is 2.37. The van der Waals surface area contributed by atoms with Crippen LogP contribution < -0.4 is 10.1 Å². The summed E-state index contributed by atoms with van der Waals surface area (Å²) in [5.41, 5.74) is 0.948. The summed E-state index contributed by atoms with van der Waals surface area (Å²) in [6, 6.07) is 3.58. The first-order valence-corrected chi connectivity index (χ1v) is 4.55. The van der Waals surface area contributed by atoms with Crippen molar-refractivity contribution >= 4 is 0 Å². The van der Waals surface area contributed by atoms with Crippen LogP contribution in [-0.2, 0) is 0 Å². The Bertz CT molecular complexity index is 347. The van der Waals surface area contributed by atoms with Gasteiger partial charge in [-0.3, -0.25) is 0 Å². The molecule has 1 heterocycles. The fourth-order valence-corrected chi connectivity index (χ4v) is 1.54. The molecule has 1 aromatic carbocycles. The zero-order chi connectivity index (χ0) is 10.1. The van der Waals surface area contributed by atoms with Crippen molar-refractivity contribution in [1.82, 2.24) is 5.32 Å². The molecule has 0 radical (unpaired) electrons. The average Bonchev–Trinajstić information content (AvgIpc) is 2.08. The molecule has 0 aliphatic carbocycles. The van der Waals surface area contributed by atoms with E-state index in [-0.39, 0.29) is 17.5 Å². The van der Waals surface area contributed by atoms with Crippen LogP contribution in [0, 0.1) is 0 Å². The van der Waals surface area contributed by atoms with Crippen molar-refractivity contribution in [2.24, 2.45) is 0 Å². The van der Waals surface area contributed by atoms with Crippen molar-refractivity contribution in [3.05, 3.63) is 17.7 Å². The lowest BCUT2D eigenvalue weighted by molar-refractivity contribution is 0.342. The molecule has 2 rings (SSSR count). The molecule has 0 spiro atoms. The standard InChI is InChI=1S/C10H13NO3/c1-14-9-5-6(7-2-3-11-7)4-8(12)10(9)13/h4-5,7,11-13H,2-3H2,1H3/t7-/m0/s1. The number of aromatic hydroxyl groups is 2. The van der Waals surface area contributed by atoms with Crippen molar-refractivity contribution in [2.75, 3.05) is 13.7 Å². The summed E-state index contributed by atoms with van der Waals surface area (Å²) in [6.45, 7) is 0.995. The summed E-state index contributed by atoms with van der Waals surface area (Å²) in [7, 11) is 1.46. The van der Waals surface area contributed by atoms with Crippen LogP contribution in [-0.4, -0.2) is 23.9 Å². The lowest BCUT2D eigenvalue weighted by Gasteiger charge is -2.28. The molecule has 1 fully saturated rings. The summed E-state index contributed by atoms with van der Waals surface area (Å²) in [5.74, 6) is -0.0164. The quantitative estimate of drug-likeness (QED) is 0.619. The number of phenolic OH excluding ortho intramolecular Hbond substituents is 2. The van der Waals surface area contributed by atoms with Crippen LogP contribution in [0.4, 0.5) is 0 Å². The first-order valence-electron chi connectivity index (χ1n) is 4.55. The summed E-state index contributed by atoms with van der Waals surface area (Å²) in [5, 5.41) is 22.0. The monoisotopic (exact) mass is 195 g/mol. The fourth-order valence-electron chi connectivity index (χ4n) is 1.54. The molecule has 0 saturated carbocycles. The minimum Gasteiger partial charge on any atom is -0.504 e. The first kappa shape index (κ1) is 9.15. The lowest BCUT2D eigenvalue weighted by Crippen LogP contribution is -2.34. The van der Waals surface area contributed by atoms with E-state index in [1.165, 1.54) is 7.11 Å². The van der Waals surface area contributed by atoms with Crippen molar-refractivity contribution in [3.63, 3.8) is 0 Å². The van der Waals surface area contributed by atoms with Gasteiger partial charge in [0, 0.05) is 6.04 Å². The number of nitrogens with one attached hydrogen (secondary N) is 1. The molecule has 1 saturated heterocycles. The molecule has 14 heavy (non-hydrogen) atoms. The largest absolute Gasteiger partial charge is 0.504 e. The van der Waals surface area contributed by atoms with E-state index in [0.717, 1.165) is 18.5 Å². The van der Waals surface area contributed by atoms with Gasteiger partial charge in [-0.15, -0.1) is 0 Å². The fraction of sp³-hybridized carbons (Fsp3) is 0.400. The molecule has 3 N–H and O–H groups in total. The number of hydrogen-bond donors (Lipinski definition) is 3. The minimum atomic E-state index is -0.199. The second-order valence-electron chi connectivity index (χ2n) is 3.39. The summed E-state index contributed by atoms with van der Waals surface area (Å²) in [4.78, 5) is 0. The third-order valence-corrected chi connectivity index (χ3v) is 2.52. The molecule has 0 unspecified atom stereocenters. The topological polar surface area (TPSA) is 61.7 Å². The van der Waals surface area contributed by atoms with Crippen LogP contribution >= 0.6 is 0 Å². The van der Waals surface area contributed by atoms with E-state index in [1.807, 2.05) is 0 Å². The SMILES string of the molecule is COc1cc([C@@H]2CCN2)cc(O)c1O. The molecule has 4 nitrogen and oxygen atoms in total. The minimum absolute atomic E-state index is 0.131. The highest BCUT2D eigenvalue weighted by atomic mass is 16.5. The summed E-state index contributed by atoms with van der Waals surface area (Å²) < 4.78 is 4.95. The van der Waals surface area contributed by atoms with E-state index >= 15 is 0 Å². The smallest absolute Gasteiger partial charge is 0.200 e. The van der Waals surface area contributed by atoms with E-state index in [2.05, 4.69) is 5.32 Å². The summed E-state index contributed by atoms with van der Waals surface area (Å²) >= 11 is 0. The molecule has 0 amide bonds. The van der Waals surface area contributed by atoms with Crippen LogP contribution in [0.5, 0.6) is 17.2 Å². The third kappa shape index (κ3) is 1.37. The van der Waals surface area contributed by atoms with Crippen molar-refractivity contribution in [2.45, 2.75) is 12.5 Å². The van der Waals surface area contributed by atoms with E-state index in [0.29, 0.717) is 5.75 Å². The van der Waals surface area contributed by atoms with Gasteiger partial charge in [0.25, 0.3) is 0 Å². The highest BCUT2D eigenvalue weighted by Crippen LogP contribution is 2.39. The van der Waals surface area contributed by atoms with Gasteiger partial charge in [0.15, 0.2) is 11.5 Å². The van der Waals surface area contributed by atoms with E-state index in [4.69, 9.17) is 4.74 Å². The maximum atomic E-state index is 9.42. The highest BCUT2D eigenvalue weighted by Gasteiger charge is 2.21. The molecule has 76 valence electrons. The van der Waals surface area contributed by atoms with Crippen LogP contribution in [0.25, 0.3) is 0 Å². The normalized spacial score (nSPS) is 20.2. The Morgan fingerprint density at radius 2 is 2.14 bits per heavy atom. The van der Waals surface area contributed by atoms with E-state index in [1.54, 1.807) is 12.1 Å². The second-order valence-corrected chi connectivity index (χ2v) is 3.39. The van der Waals surface area contributed by atoms with Gasteiger partial charge >= 0.3 is 0 Å². The van der Waals surface area contributed by atoms with Gasteiger partial charge in [-0.1, -0.05) is 0 Å². The Kier molecular flexibility index (Phi) is 2.21. The van der Waals surface area contributed by atoms with Gasteiger partial charge in [-0.25, -0.2) is 0 Å². The predicted octanol–water partition coefficient (Wildman–Crippen LogP) is 1.14. The number of ether oxygens (including phenoxy) is 1. The number of hydrogen-bond acceptors (Lipinski definition) is 4. The Hall–Kier alpha value is -1.42. The highest BCUT2D eigenvalue weighted by molar-refractivity contribution is 5.52. The van der Waals surface area contributed by atoms with Crippen molar-refractivity contribution in [3.8, 4) is 17.2 Å². The maximum Gasteiger partial charge on any atom is 0.200 e. The zero-order valence-electron chi connectivity index (χ0n) is 7.95. The first-order chi connectivity index (χ1) is 6.72. The van der Waals surface area contributed by atoms with Crippen LogP contribution in [0.1, 0.15) is 18.0 Å². The van der Waals surface area contributed by atoms with Crippen molar-refractivity contribution in [1.29, 1.82) is 0 Å². The molecular weight excluding hydrogens is 182 g/mol. The third-order valence-electron chi connectivity index (χ3n) is 2.52. The average molecular weight is 195 g/mol. The molecule has 1 atom stereocenters. The van der Waals surface area contributed by atoms with Gasteiger partial charge in [0.2, 0.25) is 5.75 Å². The Morgan fingerprint density at radius 3 is 2.64 bits per heavy atom. The van der Waals surface area contributed by atoms with Crippen molar-refractivity contribution < 1.29 is 14.9 Å². The Labute approximate surface area is 82.1 Å². The second kappa shape index (κ2) is 3.38. The molecule has 1 aliphatic rings. The molecular formula is C10H13NO3. The van der Waals surface area contributed by atoms with Gasteiger partial charge in [0.05, 0.1) is 7.11 Å². The zero-order valence-corrected chi connectivity index (χ0v) is 7.95. The van der Waals surface area contributed by atoms with Crippen LogP contribution in [0.3, 0.4) is 0 Å². The summed E-state index contributed by atoms with van der Waals surface area (Å²) in [6.07, 6.45) is 1.05. The van der Waals surface area contributed by atoms with E-state index < -0.39 is 0 Å².